The van der Waals surface area contributed by atoms with Crippen molar-refractivity contribution in [3.63, 3.8) is 0 Å². The van der Waals surface area contributed by atoms with E-state index in [-0.39, 0.29) is 0 Å². The Morgan fingerprint density at radius 1 is 1.09 bits per heavy atom. The molecule has 1 unspecified atom stereocenters. The van der Waals surface area contributed by atoms with Gasteiger partial charge in [0, 0.05) is 10.9 Å². The summed E-state index contributed by atoms with van der Waals surface area (Å²) >= 11 is 6.81. The number of fused-ring (bicyclic) bond motifs is 1. The fraction of sp³-hybridized carbons (Fsp3) is 0.227. The fourth-order valence-electron chi connectivity index (χ4n) is 2.53. The van der Waals surface area contributed by atoms with Gasteiger partial charge < -0.3 is 26.0 Å². The maximum absolute atomic E-state index is 12.1. The first-order valence-corrected chi connectivity index (χ1v) is 11.4. The highest BCUT2D eigenvalue weighted by molar-refractivity contribution is 9.11. The highest BCUT2D eigenvalue weighted by atomic mass is 79.9. The molecule has 0 aliphatic carbocycles. The molecule has 10 nitrogen and oxygen atoms in total. The molecule has 0 bridgehead atoms. The Balaban J connectivity index is 0.000000604. The molecular formula is C22H22Br2N4O6. The van der Waals surface area contributed by atoms with Crippen LogP contribution in [0.15, 0.2) is 39.3 Å². The molecule has 2 aromatic carbocycles. The summed E-state index contributed by atoms with van der Waals surface area (Å²) in [6.45, 7) is 4.84. The molecule has 0 fully saturated rings. The lowest BCUT2D eigenvalue weighted by molar-refractivity contribution is -0.138. The lowest BCUT2D eigenvalue weighted by atomic mass is 10.1. The molecule has 0 spiro atoms. The number of halogens is 2. The van der Waals surface area contributed by atoms with Gasteiger partial charge in [-0.1, -0.05) is 0 Å². The summed E-state index contributed by atoms with van der Waals surface area (Å²) in [6.07, 6.45) is 0. The van der Waals surface area contributed by atoms with Crippen molar-refractivity contribution in [2.24, 2.45) is 5.73 Å². The van der Waals surface area contributed by atoms with Gasteiger partial charge >= 0.3 is 11.9 Å². The van der Waals surface area contributed by atoms with Crippen molar-refractivity contribution in [1.82, 2.24) is 15.5 Å². The molecule has 34 heavy (non-hydrogen) atoms. The molecule has 0 saturated heterocycles. The predicted molar refractivity (Wildman–Crippen MR) is 132 cm³/mol. The van der Waals surface area contributed by atoms with Gasteiger partial charge in [0.15, 0.2) is 5.75 Å². The molecule has 1 heterocycles. The summed E-state index contributed by atoms with van der Waals surface area (Å²) < 4.78 is 7.10. The number of ether oxygens (including phenoxy) is 1. The first kappa shape index (κ1) is 27.2. The highest BCUT2D eigenvalue weighted by Crippen LogP contribution is 2.38. The first-order valence-electron chi connectivity index (χ1n) is 9.79. The topological polar surface area (TPSA) is 165 Å². The van der Waals surface area contributed by atoms with E-state index in [9.17, 15) is 14.4 Å². The Labute approximate surface area is 211 Å². The van der Waals surface area contributed by atoms with E-state index in [2.05, 4.69) is 47.4 Å². The van der Waals surface area contributed by atoms with E-state index in [4.69, 9.17) is 20.7 Å². The molecule has 3 aromatic rings. The maximum Gasteiger partial charge on any atom is 0.322 e. The predicted octanol–water partition coefficient (Wildman–Crippen LogP) is 3.80. The van der Waals surface area contributed by atoms with Crippen molar-refractivity contribution in [3.8, 4) is 11.5 Å². The third-order valence-corrected chi connectivity index (χ3v) is 5.67. The third kappa shape index (κ3) is 7.20. The average molecular weight is 598 g/mol. The van der Waals surface area contributed by atoms with Crippen LogP contribution in [0.5, 0.6) is 11.5 Å². The first-order chi connectivity index (χ1) is 15.9. The van der Waals surface area contributed by atoms with Gasteiger partial charge in [-0.3, -0.25) is 14.4 Å². The molecule has 0 saturated carbocycles. The van der Waals surface area contributed by atoms with E-state index in [1.165, 1.54) is 6.92 Å². The molecule has 0 aliphatic heterocycles. The van der Waals surface area contributed by atoms with E-state index >= 15 is 0 Å². The van der Waals surface area contributed by atoms with Gasteiger partial charge in [0.05, 0.1) is 20.2 Å². The van der Waals surface area contributed by atoms with E-state index in [0.717, 1.165) is 22.2 Å². The van der Waals surface area contributed by atoms with Crippen LogP contribution < -0.4 is 15.8 Å². The van der Waals surface area contributed by atoms with E-state index < -0.39 is 30.4 Å². The SMILES string of the molecule is CC(N)C(=O)O.Cc1nnc2ccc(Oc3c(Br)cc(C(=O)NCC(=O)O)cc3Br)cc2c1C. The van der Waals surface area contributed by atoms with Gasteiger partial charge in [0.1, 0.15) is 18.3 Å². The van der Waals surface area contributed by atoms with Gasteiger partial charge in [-0.2, -0.15) is 10.2 Å². The second-order valence-electron chi connectivity index (χ2n) is 7.16. The number of nitrogens with zero attached hydrogens (tertiary/aromatic N) is 2. The van der Waals surface area contributed by atoms with Crippen LogP contribution in [0.4, 0.5) is 0 Å². The summed E-state index contributed by atoms with van der Waals surface area (Å²) in [5.74, 6) is -1.48. The van der Waals surface area contributed by atoms with Crippen LogP contribution in [-0.2, 0) is 9.59 Å². The Morgan fingerprint density at radius 3 is 2.21 bits per heavy atom. The van der Waals surface area contributed by atoms with Crippen LogP contribution in [0.1, 0.15) is 28.5 Å². The molecule has 0 radical (unpaired) electrons. The summed E-state index contributed by atoms with van der Waals surface area (Å²) in [5.41, 5.74) is 7.79. The largest absolute Gasteiger partial charge is 0.480 e. The number of nitrogens with one attached hydrogen (secondary N) is 1. The standard InChI is InChI=1S/C19H15Br2N3O4.C3H7NO2/c1-9-10(2)23-24-16-4-3-12(7-13(9)16)28-18-14(20)5-11(6-15(18)21)19(27)22-8-17(25)26;1-2(4)3(5)6/h3-7H,8H2,1-2H3,(H,22,27)(H,25,26);2H,4H2,1H3,(H,5,6). The average Bonchev–Trinajstić information content (AvgIpc) is 2.77. The van der Waals surface area contributed by atoms with E-state index in [1.54, 1.807) is 18.2 Å². The fourth-order valence-corrected chi connectivity index (χ4v) is 3.88. The van der Waals surface area contributed by atoms with Crippen molar-refractivity contribution in [2.75, 3.05) is 6.54 Å². The van der Waals surface area contributed by atoms with Crippen LogP contribution in [0, 0.1) is 13.8 Å². The molecule has 5 N–H and O–H groups in total. The zero-order chi connectivity index (χ0) is 25.6. The lowest BCUT2D eigenvalue weighted by Crippen LogP contribution is -2.29. The zero-order valence-electron chi connectivity index (χ0n) is 18.4. The number of carbonyl (C=O) groups is 3. The van der Waals surface area contributed by atoms with Gasteiger partial charge in [-0.05, 0) is 88.5 Å². The number of aromatic nitrogens is 2. The number of nitrogens with two attached hydrogens (primary N) is 1. The number of aryl methyl sites for hydroxylation is 2. The zero-order valence-corrected chi connectivity index (χ0v) is 21.6. The Bertz CT molecular complexity index is 1230. The number of hydrogen-bond donors (Lipinski definition) is 4. The quantitative estimate of drug-likeness (QED) is 0.331. The van der Waals surface area contributed by atoms with Crippen molar-refractivity contribution < 1.29 is 29.3 Å². The minimum atomic E-state index is -1.11. The monoisotopic (exact) mass is 596 g/mol. The lowest BCUT2D eigenvalue weighted by Gasteiger charge is -2.13. The molecule has 12 heteroatoms. The summed E-state index contributed by atoms with van der Waals surface area (Å²) in [7, 11) is 0. The molecule has 1 amide bonds. The normalized spacial score (nSPS) is 11.2. The van der Waals surface area contributed by atoms with Gasteiger partial charge in [0.2, 0.25) is 0 Å². The minimum Gasteiger partial charge on any atom is -0.480 e. The summed E-state index contributed by atoms with van der Waals surface area (Å²) in [4.78, 5) is 32.2. The van der Waals surface area contributed by atoms with Crippen molar-refractivity contribution in [3.05, 3.63) is 56.1 Å². The third-order valence-electron chi connectivity index (χ3n) is 4.49. The van der Waals surface area contributed by atoms with E-state index in [0.29, 0.717) is 26.0 Å². The number of amides is 1. The molecule has 1 aromatic heterocycles. The van der Waals surface area contributed by atoms with Crippen molar-refractivity contribution in [2.45, 2.75) is 26.8 Å². The number of carboxylic acid groups (broad SMARTS) is 2. The van der Waals surface area contributed by atoms with Gasteiger partial charge in [-0.25, -0.2) is 0 Å². The van der Waals surface area contributed by atoms with Crippen LogP contribution in [-0.4, -0.2) is 50.8 Å². The van der Waals surface area contributed by atoms with Gasteiger partial charge in [-0.15, -0.1) is 0 Å². The smallest absolute Gasteiger partial charge is 0.322 e. The minimum absolute atomic E-state index is 0.299. The van der Waals surface area contributed by atoms with Crippen molar-refractivity contribution in [1.29, 1.82) is 0 Å². The summed E-state index contributed by atoms with van der Waals surface area (Å²) in [6, 6.07) is 7.92. The van der Waals surface area contributed by atoms with Crippen LogP contribution >= 0.6 is 31.9 Å². The van der Waals surface area contributed by atoms with E-state index in [1.807, 2.05) is 26.0 Å². The molecule has 180 valence electrons. The second kappa shape index (κ2) is 11.9. The van der Waals surface area contributed by atoms with Crippen molar-refractivity contribution >= 4 is 60.6 Å². The second-order valence-corrected chi connectivity index (χ2v) is 8.87. The Kier molecular flexibility index (Phi) is 9.47. The van der Waals surface area contributed by atoms with Crippen LogP contribution in [0.25, 0.3) is 10.9 Å². The number of benzene rings is 2. The van der Waals surface area contributed by atoms with Gasteiger partial charge in [0.25, 0.3) is 5.91 Å². The highest BCUT2D eigenvalue weighted by Gasteiger charge is 2.15. The molecule has 0 aliphatic rings. The molecular weight excluding hydrogens is 576 g/mol. The number of carbonyl (C=O) groups excluding carboxylic acids is 1. The Hall–Kier alpha value is -3.09. The maximum atomic E-state index is 12.1. The number of aliphatic carboxylic acids is 2. The number of carboxylic acids is 2. The summed E-state index contributed by atoms with van der Waals surface area (Å²) in [5, 5.41) is 28.1. The Morgan fingerprint density at radius 2 is 1.68 bits per heavy atom. The number of hydrogen-bond acceptors (Lipinski definition) is 7. The van der Waals surface area contributed by atoms with Crippen LogP contribution in [0.2, 0.25) is 0 Å². The molecule has 3 rings (SSSR count). The molecule has 1 atom stereocenters. The number of rotatable bonds is 6. The van der Waals surface area contributed by atoms with Crippen LogP contribution in [0.3, 0.4) is 0 Å².